The number of amides is 1. The fraction of sp³-hybridized carbons (Fsp3) is 0.263. The number of nitro benzene ring substituents is 1. The van der Waals surface area contributed by atoms with Crippen molar-refractivity contribution >= 4 is 34.6 Å². The van der Waals surface area contributed by atoms with Gasteiger partial charge in [0.15, 0.2) is 5.11 Å². The van der Waals surface area contributed by atoms with Crippen LogP contribution in [-0.2, 0) is 0 Å². The molecular formula is C19H21N3O4S. The van der Waals surface area contributed by atoms with Crippen molar-refractivity contribution in [2.24, 2.45) is 0 Å². The normalized spacial score (nSPS) is 10.1. The van der Waals surface area contributed by atoms with Gasteiger partial charge in [-0.1, -0.05) is 19.4 Å². The average molecular weight is 387 g/mol. The summed E-state index contributed by atoms with van der Waals surface area (Å²) in [4.78, 5) is 22.8. The molecule has 0 saturated heterocycles. The summed E-state index contributed by atoms with van der Waals surface area (Å²) >= 11 is 5.11. The van der Waals surface area contributed by atoms with E-state index in [2.05, 4.69) is 17.6 Å². The number of thiocarbonyl (C=S) groups is 1. The van der Waals surface area contributed by atoms with Crippen molar-refractivity contribution in [3.05, 3.63) is 63.7 Å². The Morgan fingerprint density at radius 2 is 1.93 bits per heavy atom. The first kappa shape index (κ1) is 20.3. The van der Waals surface area contributed by atoms with Crippen molar-refractivity contribution < 1.29 is 14.5 Å². The number of nitro groups is 1. The Hall–Kier alpha value is -3.00. The van der Waals surface area contributed by atoms with Gasteiger partial charge in [0.2, 0.25) is 0 Å². The van der Waals surface area contributed by atoms with Crippen LogP contribution in [-0.4, -0.2) is 22.5 Å². The number of rotatable bonds is 7. The summed E-state index contributed by atoms with van der Waals surface area (Å²) in [5.74, 6) is 0.321. The number of aryl methyl sites for hydroxylation is 1. The second-order valence-corrected chi connectivity index (χ2v) is 6.30. The quantitative estimate of drug-likeness (QED) is 0.320. The standard InChI is InChI=1S/C19H21N3O4S/c1-3-4-11-26-16-9-6-14(7-10-16)18(23)21-19(27)20-15-8-5-13(2)17(12-15)22(24)25/h5-10,12H,3-4,11H2,1-2H3,(H2,20,21,23,27). The number of nitrogens with one attached hydrogen (secondary N) is 2. The lowest BCUT2D eigenvalue weighted by molar-refractivity contribution is -0.385. The number of ether oxygens (including phenoxy) is 1. The van der Waals surface area contributed by atoms with Gasteiger partial charge >= 0.3 is 0 Å². The minimum Gasteiger partial charge on any atom is -0.494 e. The number of unbranched alkanes of at least 4 members (excludes halogenated alkanes) is 1. The highest BCUT2D eigenvalue weighted by atomic mass is 32.1. The third-order valence-electron chi connectivity index (χ3n) is 3.77. The molecule has 0 heterocycles. The number of carbonyl (C=O) groups is 1. The van der Waals surface area contributed by atoms with Gasteiger partial charge in [0.05, 0.1) is 11.5 Å². The molecule has 0 radical (unpaired) electrons. The molecule has 2 rings (SSSR count). The summed E-state index contributed by atoms with van der Waals surface area (Å²) in [7, 11) is 0. The maximum Gasteiger partial charge on any atom is 0.274 e. The lowest BCUT2D eigenvalue weighted by atomic mass is 10.2. The summed E-state index contributed by atoms with van der Waals surface area (Å²) in [5.41, 5.74) is 1.38. The molecule has 0 aromatic heterocycles. The van der Waals surface area contributed by atoms with E-state index in [4.69, 9.17) is 17.0 Å². The summed E-state index contributed by atoms with van der Waals surface area (Å²) in [6.07, 6.45) is 2.02. The highest BCUT2D eigenvalue weighted by Crippen LogP contribution is 2.22. The van der Waals surface area contributed by atoms with Crippen LogP contribution < -0.4 is 15.4 Å². The molecule has 0 atom stereocenters. The molecular weight excluding hydrogens is 366 g/mol. The van der Waals surface area contributed by atoms with Gasteiger partial charge in [-0.25, -0.2) is 0 Å². The van der Waals surface area contributed by atoms with Crippen LogP contribution in [0.3, 0.4) is 0 Å². The van der Waals surface area contributed by atoms with Gasteiger partial charge in [0, 0.05) is 22.9 Å². The summed E-state index contributed by atoms with van der Waals surface area (Å²) < 4.78 is 5.56. The van der Waals surface area contributed by atoms with Crippen molar-refractivity contribution in [1.29, 1.82) is 0 Å². The Kier molecular flexibility index (Phi) is 7.25. The Bertz CT molecular complexity index is 837. The molecule has 0 aliphatic rings. The Balaban J connectivity index is 1.94. The average Bonchev–Trinajstić information content (AvgIpc) is 2.63. The number of benzene rings is 2. The van der Waals surface area contributed by atoms with Crippen LogP contribution in [0.15, 0.2) is 42.5 Å². The fourth-order valence-corrected chi connectivity index (χ4v) is 2.47. The van der Waals surface area contributed by atoms with Crippen LogP contribution in [0.2, 0.25) is 0 Å². The summed E-state index contributed by atoms with van der Waals surface area (Å²) in [5, 5.41) is 16.4. The largest absolute Gasteiger partial charge is 0.494 e. The zero-order valence-electron chi connectivity index (χ0n) is 15.2. The number of nitrogens with zero attached hydrogens (tertiary/aromatic N) is 1. The first-order valence-electron chi connectivity index (χ1n) is 8.51. The van der Waals surface area contributed by atoms with Crippen LogP contribution in [0.4, 0.5) is 11.4 Å². The van der Waals surface area contributed by atoms with Crippen LogP contribution in [0, 0.1) is 17.0 Å². The second kappa shape index (κ2) is 9.63. The summed E-state index contributed by atoms with van der Waals surface area (Å²) in [6, 6.07) is 11.4. The van der Waals surface area contributed by atoms with Gasteiger partial charge in [0.1, 0.15) is 5.75 Å². The van der Waals surface area contributed by atoms with Gasteiger partial charge in [-0.2, -0.15) is 0 Å². The smallest absolute Gasteiger partial charge is 0.274 e. The molecule has 0 saturated carbocycles. The van der Waals surface area contributed by atoms with Crippen molar-refractivity contribution in [3.63, 3.8) is 0 Å². The SMILES string of the molecule is CCCCOc1ccc(C(=O)NC(=S)Nc2ccc(C)c([N+](=O)[O-])c2)cc1. The number of hydrogen-bond acceptors (Lipinski definition) is 5. The molecule has 7 nitrogen and oxygen atoms in total. The predicted molar refractivity (Wildman–Crippen MR) is 108 cm³/mol. The molecule has 0 bridgehead atoms. The van der Waals surface area contributed by atoms with Crippen molar-refractivity contribution in [3.8, 4) is 5.75 Å². The number of anilines is 1. The van der Waals surface area contributed by atoms with E-state index in [-0.39, 0.29) is 16.7 Å². The molecule has 0 aliphatic heterocycles. The highest BCUT2D eigenvalue weighted by Gasteiger charge is 2.13. The third-order valence-corrected chi connectivity index (χ3v) is 3.98. The minimum atomic E-state index is -0.466. The third kappa shape index (κ3) is 6.03. The molecule has 2 N–H and O–H groups in total. The molecule has 2 aromatic carbocycles. The molecule has 0 spiro atoms. The van der Waals surface area contributed by atoms with E-state index in [0.717, 1.165) is 12.8 Å². The molecule has 0 unspecified atom stereocenters. The molecule has 0 aliphatic carbocycles. The number of carbonyl (C=O) groups excluding carboxylic acids is 1. The Morgan fingerprint density at radius 3 is 2.56 bits per heavy atom. The van der Waals surface area contributed by atoms with Gasteiger partial charge in [0.25, 0.3) is 11.6 Å². The fourth-order valence-electron chi connectivity index (χ4n) is 2.26. The molecule has 8 heteroatoms. The van der Waals surface area contributed by atoms with E-state index in [1.807, 2.05) is 0 Å². The summed E-state index contributed by atoms with van der Waals surface area (Å²) in [6.45, 7) is 4.37. The first-order chi connectivity index (χ1) is 12.9. The van der Waals surface area contributed by atoms with Crippen molar-refractivity contribution in [1.82, 2.24) is 5.32 Å². The van der Waals surface area contributed by atoms with Crippen LogP contribution in [0.25, 0.3) is 0 Å². The van der Waals surface area contributed by atoms with Gasteiger partial charge in [-0.15, -0.1) is 0 Å². The Labute approximate surface area is 162 Å². The molecule has 142 valence electrons. The zero-order valence-corrected chi connectivity index (χ0v) is 16.0. The lowest BCUT2D eigenvalue weighted by Crippen LogP contribution is -2.34. The van der Waals surface area contributed by atoms with E-state index >= 15 is 0 Å². The van der Waals surface area contributed by atoms with Gasteiger partial charge < -0.3 is 10.1 Å². The van der Waals surface area contributed by atoms with E-state index in [0.29, 0.717) is 29.2 Å². The molecule has 1 amide bonds. The topological polar surface area (TPSA) is 93.5 Å². The van der Waals surface area contributed by atoms with Crippen LogP contribution in [0.5, 0.6) is 5.75 Å². The van der Waals surface area contributed by atoms with Crippen molar-refractivity contribution in [2.75, 3.05) is 11.9 Å². The maximum absolute atomic E-state index is 12.3. The van der Waals surface area contributed by atoms with E-state index in [1.54, 1.807) is 43.3 Å². The first-order valence-corrected chi connectivity index (χ1v) is 8.91. The van der Waals surface area contributed by atoms with E-state index < -0.39 is 4.92 Å². The van der Waals surface area contributed by atoms with Gasteiger partial charge in [-0.05, 0) is 55.9 Å². The molecule has 0 fully saturated rings. The van der Waals surface area contributed by atoms with Crippen LogP contribution >= 0.6 is 12.2 Å². The second-order valence-electron chi connectivity index (χ2n) is 5.89. The number of hydrogen-bond donors (Lipinski definition) is 2. The van der Waals surface area contributed by atoms with Crippen LogP contribution in [0.1, 0.15) is 35.7 Å². The zero-order chi connectivity index (χ0) is 19.8. The minimum absolute atomic E-state index is 0.0206. The van der Waals surface area contributed by atoms with Crippen molar-refractivity contribution in [2.45, 2.75) is 26.7 Å². The van der Waals surface area contributed by atoms with E-state index in [9.17, 15) is 14.9 Å². The monoisotopic (exact) mass is 387 g/mol. The highest BCUT2D eigenvalue weighted by molar-refractivity contribution is 7.80. The van der Waals surface area contributed by atoms with Gasteiger partial charge in [-0.3, -0.25) is 20.2 Å². The van der Waals surface area contributed by atoms with E-state index in [1.165, 1.54) is 6.07 Å². The maximum atomic E-state index is 12.3. The lowest BCUT2D eigenvalue weighted by Gasteiger charge is -2.10. The predicted octanol–water partition coefficient (Wildman–Crippen LogP) is 4.21. The molecule has 27 heavy (non-hydrogen) atoms. The Morgan fingerprint density at radius 1 is 1.22 bits per heavy atom. The molecule has 2 aromatic rings.